The van der Waals surface area contributed by atoms with Crippen molar-refractivity contribution in [2.75, 3.05) is 11.9 Å². The smallest absolute Gasteiger partial charge is 0.336 e. The Morgan fingerprint density at radius 1 is 1.30 bits per heavy atom. The minimum absolute atomic E-state index is 0.155. The van der Waals surface area contributed by atoms with Gasteiger partial charge in [0, 0.05) is 35.7 Å². The first-order valence-corrected chi connectivity index (χ1v) is 8.80. The van der Waals surface area contributed by atoms with Gasteiger partial charge in [-0.2, -0.15) is 4.98 Å². The van der Waals surface area contributed by atoms with Crippen LogP contribution < -0.4 is 10.9 Å². The van der Waals surface area contributed by atoms with Crippen LogP contribution in [0.5, 0.6) is 0 Å². The van der Waals surface area contributed by atoms with Gasteiger partial charge in [-0.1, -0.05) is 19.0 Å². The van der Waals surface area contributed by atoms with Crippen molar-refractivity contribution in [3.05, 3.63) is 52.0 Å². The lowest BCUT2D eigenvalue weighted by atomic mass is 10.1. The van der Waals surface area contributed by atoms with Crippen LogP contribution in [0.1, 0.15) is 44.0 Å². The highest BCUT2D eigenvalue weighted by Crippen LogP contribution is 2.21. The molecule has 2 aromatic heterocycles. The minimum Gasteiger partial charge on any atom is -0.423 e. The van der Waals surface area contributed by atoms with E-state index in [9.17, 15) is 9.59 Å². The lowest BCUT2D eigenvalue weighted by Gasteiger charge is -2.19. The summed E-state index contributed by atoms with van der Waals surface area (Å²) in [5, 5.41) is 7.55. The van der Waals surface area contributed by atoms with E-state index in [-0.39, 0.29) is 18.5 Å². The number of aromatic nitrogens is 2. The molecule has 0 radical (unpaired) electrons. The van der Waals surface area contributed by atoms with Crippen molar-refractivity contribution in [3.63, 3.8) is 0 Å². The number of anilines is 1. The molecule has 0 aliphatic heterocycles. The minimum atomic E-state index is -0.420. The number of carbonyl (C=O) groups is 1. The maximum absolute atomic E-state index is 12.6. The Bertz CT molecular complexity index is 1020. The average molecular weight is 370 g/mol. The summed E-state index contributed by atoms with van der Waals surface area (Å²) in [6.45, 7) is 8.32. The van der Waals surface area contributed by atoms with Crippen molar-refractivity contribution < 1.29 is 13.7 Å². The van der Waals surface area contributed by atoms with Crippen molar-refractivity contribution in [3.8, 4) is 0 Å². The highest BCUT2D eigenvalue weighted by atomic mass is 16.5. The second-order valence-electron chi connectivity index (χ2n) is 6.60. The van der Waals surface area contributed by atoms with Gasteiger partial charge in [0.1, 0.15) is 12.1 Å². The molecule has 2 heterocycles. The number of fused-ring (bicyclic) bond motifs is 1. The number of benzene rings is 1. The fraction of sp³-hybridized carbons (Fsp3) is 0.368. The molecule has 0 fully saturated rings. The molecule has 8 nitrogen and oxygen atoms in total. The Kier molecular flexibility index (Phi) is 5.25. The summed E-state index contributed by atoms with van der Waals surface area (Å²) in [5.74, 6) is 1.15. The molecule has 27 heavy (non-hydrogen) atoms. The number of aryl methyl sites for hydroxylation is 1. The molecule has 0 saturated heterocycles. The van der Waals surface area contributed by atoms with Gasteiger partial charge in [0.25, 0.3) is 0 Å². The monoisotopic (exact) mass is 370 g/mol. The van der Waals surface area contributed by atoms with Crippen LogP contribution in [-0.2, 0) is 6.54 Å². The van der Waals surface area contributed by atoms with E-state index in [1.807, 2.05) is 33.8 Å². The number of nitrogens with zero attached hydrogens (tertiary/aromatic N) is 3. The van der Waals surface area contributed by atoms with Gasteiger partial charge in [0.2, 0.25) is 5.89 Å². The molecule has 8 heteroatoms. The lowest BCUT2D eigenvalue weighted by Crippen LogP contribution is -2.34. The number of rotatable bonds is 5. The zero-order chi connectivity index (χ0) is 19.6. The third kappa shape index (κ3) is 4.16. The van der Waals surface area contributed by atoms with Crippen LogP contribution in [0.15, 0.2) is 38.0 Å². The molecule has 0 aliphatic carbocycles. The quantitative estimate of drug-likeness (QED) is 0.688. The second kappa shape index (κ2) is 7.61. The van der Waals surface area contributed by atoms with Crippen molar-refractivity contribution in [2.45, 2.75) is 40.2 Å². The highest BCUT2D eigenvalue weighted by Gasteiger charge is 2.17. The number of urea groups is 1. The van der Waals surface area contributed by atoms with Gasteiger partial charge in [0.05, 0.1) is 0 Å². The summed E-state index contributed by atoms with van der Waals surface area (Å²) in [6, 6.07) is 6.35. The molecule has 0 atom stereocenters. The maximum atomic E-state index is 12.6. The van der Waals surface area contributed by atoms with Gasteiger partial charge >= 0.3 is 11.7 Å². The summed E-state index contributed by atoms with van der Waals surface area (Å²) in [4.78, 5) is 30.0. The van der Waals surface area contributed by atoms with E-state index in [0.29, 0.717) is 29.5 Å². The highest BCUT2D eigenvalue weighted by molar-refractivity contribution is 5.92. The summed E-state index contributed by atoms with van der Waals surface area (Å²) >= 11 is 0. The lowest BCUT2D eigenvalue weighted by molar-refractivity contribution is 0.203. The molecule has 3 aromatic rings. The van der Waals surface area contributed by atoms with E-state index in [1.165, 1.54) is 6.07 Å². The molecule has 0 unspecified atom stereocenters. The first kappa shape index (κ1) is 18.6. The SMILES string of the molecule is CCN(Cc1nc(C(C)C)no1)C(=O)Nc1ccc2c(C)cc(=O)oc2c1. The Morgan fingerprint density at radius 2 is 2.07 bits per heavy atom. The van der Waals surface area contributed by atoms with Crippen molar-refractivity contribution in [1.29, 1.82) is 0 Å². The molecule has 3 rings (SSSR count). The molecular weight excluding hydrogens is 348 g/mol. The average Bonchev–Trinajstić information content (AvgIpc) is 3.08. The van der Waals surface area contributed by atoms with Crippen molar-refractivity contribution in [1.82, 2.24) is 15.0 Å². The Morgan fingerprint density at radius 3 is 2.74 bits per heavy atom. The van der Waals surface area contributed by atoms with Crippen LogP contribution in [0, 0.1) is 6.92 Å². The first-order valence-electron chi connectivity index (χ1n) is 8.80. The number of hydrogen-bond donors (Lipinski definition) is 1. The molecule has 0 aliphatic rings. The van der Waals surface area contributed by atoms with Gasteiger partial charge in [-0.3, -0.25) is 0 Å². The predicted octanol–water partition coefficient (Wildman–Crippen LogP) is 3.66. The predicted molar refractivity (Wildman–Crippen MR) is 101 cm³/mol. The molecule has 0 spiro atoms. The zero-order valence-electron chi connectivity index (χ0n) is 15.8. The summed E-state index contributed by atoms with van der Waals surface area (Å²) < 4.78 is 10.4. The molecule has 0 saturated carbocycles. The largest absolute Gasteiger partial charge is 0.423 e. The molecular formula is C19H22N4O4. The normalized spacial score (nSPS) is 11.1. The van der Waals surface area contributed by atoms with Gasteiger partial charge in [0.15, 0.2) is 5.82 Å². The summed E-state index contributed by atoms with van der Waals surface area (Å²) in [6.07, 6.45) is 0. The van der Waals surface area contributed by atoms with E-state index in [1.54, 1.807) is 17.0 Å². The van der Waals surface area contributed by atoms with E-state index in [0.717, 1.165) is 10.9 Å². The van der Waals surface area contributed by atoms with Crippen LogP contribution in [0.3, 0.4) is 0 Å². The van der Waals surface area contributed by atoms with Crippen LogP contribution in [0.4, 0.5) is 10.5 Å². The van der Waals surface area contributed by atoms with Crippen molar-refractivity contribution >= 4 is 22.7 Å². The van der Waals surface area contributed by atoms with Gasteiger partial charge in [-0.05, 0) is 31.5 Å². The van der Waals surface area contributed by atoms with E-state index in [2.05, 4.69) is 15.5 Å². The summed E-state index contributed by atoms with van der Waals surface area (Å²) in [5.41, 5.74) is 1.37. The number of amides is 2. The Hall–Kier alpha value is -3.16. The zero-order valence-corrected chi connectivity index (χ0v) is 15.8. The van der Waals surface area contributed by atoms with Gasteiger partial charge < -0.3 is 19.2 Å². The standard InChI is InChI=1S/C19H22N4O4/c1-5-23(10-16-21-18(11(2)3)22-27-16)19(25)20-13-6-7-14-12(4)8-17(24)26-15(14)9-13/h6-9,11H,5,10H2,1-4H3,(H,20,25). The number of carbonyl (C=O) groups excluding carboxylic acids is 1. The topological polar surface area (TPSA) is 101 Å². The molecule has 142 valence electrons. The maximum Gasteiger partial charge on any atom is 0.336 e. The fourth-order valence-electron chi connectivity index (χ4n) is 2.66. The molecule has 1 aromatic carbocycles. The fourth-order valence-corrected chi connectivity index (χ4v) is 2.66. The van der Waals surface area contributed by atoms with Gasteiger partial charge in [-0.15, -0.1) is 0 Å². The van der Waals surface area contributed by atoms with Crippen LogP contribution in [-0.4, -0.2) is 27.6 Å². The van der Waals surface area contributed by atoms with E-state index < -0.39 is 5.63 Å². The Balaban J connectivity index is 1.76. The van der Waals surface area contributed by atoms with E-state index >= 15 is 0 Å². The van der Waals surface area contributed by atoms with Crippen LogP contribution in [0.2, 0.25) is 0 Å². The molecule has 0 bridgehead atoms. The van der Waals surface area contributed by atoms with Crippen LogP contribution >= 0.6 is 0 Å². The number of nitrogens with one attached hydrogen (secondary N) is 1. The molecule has 2 amide bonds. The third-order valence-electron chi connectivity index (χ3n) is 4.20. The van der Waals surface area contributed by atoms with Crippen molar-refractivity contribution in [2.24, 2.45) is 0 Å². The Labute approximate surface area is 156 Å². The third-order valence-corrected chi connectivity index (χ3v) is 4.20. The van der Waals surface area contributed by atoms with Gasteiger partial charge in [-0.25, -0.2) is 9.59 Å². The second-order valence-corrected chi connectivity index (χ2v) is 6.60. The first-order chi connectivity index (χ1) is 12.9. The van der Waals surface area contributed by atoms with Crippen LogP contribution in [0.25, 0.3) is 11.0 Å². The number of hydrogen-bond acceptors (Lipinski definition) is 6. The van der Waals surface area contributed by atoms with E-state index in [4.69, 9.17) is 8.94 Å². The summed E-state index contributed by atoms with van der Waals surface area (Å²) in [7, 11) is 0. The molecule has 1 N–H and O–H groups in total.